The lowest BCUT2D eigenvalue weighted by Gasteiger charge is -2.32. The maximum atomic E-state index is 11.3. The van der Waals surface area contributed by atoms with E-state index in [9.17, 15) is 9.59 Å². The molecule has 0 rings (SSSR count). The van der Waals surface area contributed by atoms with Gasteiger partial charge in [0, 0.05) is 6.54 Å². The van der Waals surface area contributed by atoms with Gasteiger partial charge in [-0.15, -0.1) is 0 Å². The molecule has 0 saturated heterocycles. The molecular weight excluding hydrogens is 202 g/mol. The number of nitrogens with one attached hydrogen (secondary N) is 1. The predicted octanol–water partition coefficient (Wildman–Crippen LogP) is 2.54. The lowest BCUT2D eigenvalue weighted by Crippen LogP contribution is -2.36. The first-order valence-electron chi connectivity index (χ1n) is 5.78. The summed E-state index contributed by atoms with van der Waals surface area (Å²) in [4.78, 5) is 22.1. The summed E-state index contributed by atoms with van der Waals surface area (Å²) in [6.45, 7) is 12.9. The first kappa shape index (κ1) is 15.1. The second kappa shape index (κ2) is 5.46. The van der Waals surface area contributed by atoms with Crippen molar-refractivity contribution in [3.63, 3.8) is 0 Å². The Bertz CT molecular complexity index is 262. The van der Waals surface area contributed by atoms with Crippen LogP contribution in [0.5, 0.6) is 0 Å². The Hall–Kier alpha value is -0.860. The van der Waals surface area contributed by atoms with Crippen molar-refractivity contribution in [2.45, 2.75) is 54.4 Å². The Labute approximate surface area is 99.0 Å². The van der Waals surface area contributed by atoms with Crippen molar-refractivity contribution < 1.29 is 9.59 Å². The Kier molecular flexibility index (Phi) is 5.17. The van der Waals surface area contributed by atoms with Gasteiger partial charge < -0.3 is 5.32 Å². The van der Waals surface area contributed by atoms with Crippen LogP contribution in [0.25, 0.3) is 0 Å². The quantitative estimate of drug-likeness (QED) is 0.734. The van der Waals surface area contributed by atoms with Gasteiger partial charge in [-0.3, -0.25) is 9.59 Å². The van der Waals surface area contributed by atoms with Crippen molar-refractivity contribution >= 4 is 11.7 Å². The minimum Gasteiger partial charge on any atom is -0.355 e. The van der Waals surface area contributed by atoms with Gasteiger partial charge in [-0.25, -0.2) is 0 Å². The van der Waals surface area contributed by atoms with Gasteiger partial charge in [0.05, 0.1) is 6.42 Å². The average molecular weight is 227 g/mol. The Morgan fingerprint density at radius 1 is 1.06 bits per heavy atom. The number of hydrogen-bond donors (Lipinski definition) is 1. The number of carbonyl (C=O) groups is 2. The Morgan fingerprint density at radius 3 is 1.94 bits per heavy atom. The van der Waals surface area contributed by atoms with Crippen LogP contribution >= 0.6 is 0 Å². The molecular formula is C13H25NO2. The molecule has 1 N–H and O–H groups in total. The van der Waals surface area contributed by atoms with Crippen LogP contribution < -0.4 is 5.32 Å². The number of hydrogen-bond acceptors (Lipinski definition) is 2. The largest absolute Gasteiger partial charge is 0.355 e. The fourth-order valence-corrected chi connectivity index (χ4v) is 2.12. The summed E-state index contributed by atoms with van der Waals surface area (Å²) in [7, 11) is 0. The van der Waals surface area contributed by atoms with E-state index in [1.54, 1.807) is 0 Å². The van der Waals surface area contributed by atoms with E-state index in [-0.39, 0.29) is 28.9 Å². The van der Waals surface area contributed by atoms with E-state index >= 15 is 0 Å². The average Bonchev–Trinajstić information content (AvgIpc) is 1.95. The Morgan fingerprint density at radius 2 is 1.56 bits per heavy atom. The lowest BCUT2D eigenvalue weighted by molar-refractivity contribution is -0.127. The van der Waals surface area contributed by atoms with Gasteiger partial charge in [0.2, 0.25) is 5.91 Å². The summed E-state index contributed by atoms with van der Waals surface area (Å²) in [6.07, 6.45) is 1.02. The first-order chi connectivity index (χ1) is 7.02. The van der Waals surface area contributed by atoms with Gasteiger partial charge in [0.15, 0.2) is 0 Å². The van der Waals surface area contributed by atoms with Gasteiger partial charge in [-0.05, 0) is 24.2 Å². The van der Waals surface area contributed by atoms with Gasteiger partial charge in [0.25, 0.3) is 0 Å². The van der Waals surface area contributed by atoms with Crippen LogP contribution in [0.15, 0.2) is 0 Å². The highest BCUT2D eigenvalue weighted by Gasteiger charge is 2.25. The topological polar surface area (TPSA) is 46.2 Å². The molecule has 0 saturated carbocycles. The van der Waals surface area contributed by atoms with Crippen molar-refractivity contribution in [3.8, 4) is 0 Å². The van der Waals surface area contributed by atoms with Gasteiger partial charge in [-0.2, -0.15) is 0 Å². The number of carbonyl (C=O) groups excluding carboxylic acids is 2. The highest BCUT2D eigenvalue weighted by atomic mass is 16.2. The summed E-state index contributed by atoms with van der Waals surface area (Å²) < 4.78 is 0. The molecule has 0 aliphatic carbocycles. The number of Topliss-reactive ketones (excluding diaryl/α,β-unsaturated/α-hetero) is 1. The van der Waals surface area contributed by atoms with E-state index in [0.29, 0.717) is 6.54 Å². The van der Waals surface area contributed by atoms with E-state index in [4.69, 9.17) is 0 Å². The smallest absolute Gasteiger partial charge is 0.227 e. The molecule has 0 unspecified atom stereocenters. The molecule has 0 radical (unpaired) electrons. The molecule has 0 aromatic rings. The van der Waals surface area contributed by atoms with E-state index in [0.717, 1.165) is 6.42 Å². The molecule has 0 fully saturated rings. The molecule has 16 heavy (non-hydrogen) atoms. The van der Waals surface area contributed by atoms with E-state index < -0.39 is 0 Å². The number of ketones is 1. The van der Waals surface area contributed by atoms with Crippen molar-refractivity contribution in [3.05, 3.63) is 0 Å². The summed E-state index contributed by atoms with van der Waals surface area (Å²) >= 11 is 0. The molecule has 1 amide bonds. The van der Waals surface area contributed by atoms with Gasteiger partial charge in [-0.1, -0.05) is 34.6 Å². The minimum absolute atomic E-state index is 0.00834. The molecule has 94 valence electrons. The zero-order valence-electron chi connectivity index (χ0n) is 11.4. The molecule has 0 spiro atoms. The molecule has 3 heteroatoms. The molecule has 3 nitrogen and oxygen atoms in total. The summed E-state index contributed by atoms with van der Waals surface area (Å²) in [5, 5.41) is 2.82. The maximum absolute atomic E-state index is 11.3. The zero-order chi connectivity index (χ0) is 13.0. The van der Waals surface area contributed by atoms with Crippen LogP contribution in [-0.4, -0.2) is 18.2 Å². The molecule has 0 heterocycles. The molecule has 0 aliphatic rings. The SMILES string of the molecule is CC(=O)CC(=O)NCC(C)(C)CC(C)(C)C. The van der Waals surface area contributed by atoms with Crippen LogP contribution in [0.3, 0.4) is 0 Å². The van der Waals surface area contributed by atoms with E-state index in [1.165, 1.54) is 6.92 Å². The lowest BCUT2D eigenvalue weighted by atomic mass is 9.76. The van der Waals surface area contributed by atoms with Crippen LogP contribution in [0.2, 0.25) is 0 Å². The molecule has 0 aliphatic heterocycles. The minimum atomic E-state index is -0.172. The highest BCUT2D eigenvalue weighted by molar-refractivity contribution is 5.96. The second-order valence-electron chi connectivity index (χ2n) is 6.56. The van der Waals surface area contributed by atoms with E-state index in [1.807, 2.05) is 0 Å². The Balaban J connectivity index is 4.08. The summed E-state index contributed by atoms with van der Waals surface area (Å²) in [5.41, 5.74) is 0.305. The predicted molar refractivity (Wildman–Crippen MR) is 66.2 cm³/mol. The monoisotopic (exact) mass is 227 g/mol. The van der Waals surface area contributed by atoms with Crippen LogP contribution in [-0.2, 0) is 9.59 Å². The van der Waals surface area contributed by atoms with Crippen molar-refractivity contribution in [1.29, 1.82) is 0 Å². The second-order valence-corrected chi connectivity index (χ2v) is 6.56. The number of rotatable bonds is 5. The van der Waals surface area contributed by atoms with Crippen molar-refractivity contribution in [1.82, 2.24) is 5.32 Å². The molecule has 0 atom stereocenters. The highest BCUT2D eigenvalue weighted by Crippen LogP contribution is 2.32. The fraction of sp³-hybridized carbons (Fsp3) is 0.846. The van der Waals surface area contributed by atoms with Crippen LogP contribution in [0.1, 0.15) is 54.4 Å². The third kappa shape index (κ3) is 8.45. The molecule has 0 bridgehead atoms. The third-order valence-corrected chi connectivity index (χ3v) is 2.18. The van der Waals surface area contributed by atoms with Gasteiger partial charge in [0.1, 0.15) is 5.78 Å². The first-order valence-corrected chi connectivity index (χ1v) is 5.78. The fourth-order valence-electron chi connectivity index (χ4n) is 2.12. The van der Waals surface area contributed by atoms with Crippen molar-refractivity contribution in [2.24, 2.45) is 10.8 Å². The number of amides is 1. The molecule has 0 aromatic carbocycles. The molecule has 0 aromatic heterocycles. The third-order valence-electron chi connectivity index (χ3n) is 2.18. The van der Waals surface area contributed by atoms with Crippen LogP contribution in [0, 0.1) is 10.8 Å². The van der Waals surface area contributed by atoms with Gasteiger partial charge >= 0.3 is 0 Å². The summed E-state index contributed by atoms with van der Waals surface area (Å²) in [5.74, 6) is -0.263. The maximum Gasteiger partial charge on any atom is 0.227 e. The van der Waals surface area contributed by atoms with Crippen molar-refractivity contribution in [2.75, 3.05) is 6.54 Å². The summed E-state index contributed by atoms with van der Waals surface area (Å²) in [6, 6.07) is 0. The standard InChI is InChI=1S/C13H25NO2/c1-10(15)7-11(16)14-9-13(5,6)8-12(2,3)4/h7-9H2,1-6H3,(H,14,16). The van der Waals surface area contributed by atoms with Crippen LogP contribution in [0.4, 0.5) is 0 Å². The van der Waals surface area contributed by atoms with E-state index in [2.05, 4.69) is 39.9 Å². The zero-order valence-corrected chi connectivity index (χ0v) is 11.4. The normalized spacial score (nSPS) is 12.4.